The third-order valence-corrected chi connectivity index (χ3v) is 3.19. The van der Waals surface area contributed by atoms with Crippen LogP contribution in [0.2, 0.25) is 0 Å². The van der Waals surface area contributed by atoms with Crippen LogP contribution in [0.5, 0.6) is 0 Å². The number of hydrogen-bond donors (Lipinski definition) is 1. The summed E-state index contributed by atoms with van der Waals surface area (Å²) in [5.74, 6) is -0.650. The van der Waals surface area contributed by atoms with Crippen LogP contribution in [0, 0.1) is 13.8 Å². The molecule has 1 N–H and O–H groups in total. The molecule has 3 rings (SSSR count). The second kappa shape index (κ2) is 5.10. The van der Waals surface area contributed by atoms with Gasteiger partial charge in [0.1, 0.15) is 0 Å². The minimum absolute atomic E-state index is 0.109. The SMILES string of the molecule is Cc1cc(C(=O)N(C)Cc2noc(=O)[nH]2)c2c(C)noc2n1. The van der Waals surface area contributed by atoms with Crippen molar-refractivity contribution >= 4 is 17.0 Å². The standard InChI is InChI=1S/C13H13N5O4/c1-6-4-8(10-7(2)16-21-11(10)14-6)12(19)18(3)5-9-15-13(20)22-17-9/h4H,5H2,1-3H3,(H,15,17,20). The predicted octanol–water partition coefficient (Wildman–Crippen LogP) is 0.788. The van der Waals surface area contributed by atoms with Crippen LogP contribution in [0.3, 0.4) is 0 Å². The lowest BCUT2D eigenvalue weighted by atomic mass is 10.1. The monoisotopic (exact) mass is 303 g/mol. The van der Waals surface area contributed by atoms with Crippen molar-refractivity contribution in [2.45, 2.75) is 20.4 Å². The summed E-state index contributed by atoms with van der Waals surface area (Å²) in [6.45, 7) is 3.62. The summed E-state index contributed by atoms with van der Waals surface area (Å²) in [6.07, 6.45) is 0. The maximum absolute atomic E-state index is 12.7. The van der Waals surface area contributed by atoms with Crippen LogP contribution in [0.15, 0.2) is 19.9 Å². The molecule has 0 atom stereocenters. The van der Waals surface area contributed by atoms with E-state index in [1.807, 2.05) is 0 Å². The molecule has 0 spiro atoms. The number of aromatic amines is 1. The Morgan fingerprint density at radius 3 is 2.77 bits per heavy atom. The van der Waals surface area contributed by atoms with Crippen LogP contribution in [-0.2, 0) is 6.54 Å². The lowest BCUT2D eigenvalue weighted by Gasteiger charge is -2.15. The molecule has 0 saturated carbocycles. The Hall–Kier alpha value is -2.97. The fourth-order valence-electron chi connectivity index (χ4n) is 2.22. The Morgan fingerprint density at radius 1 is 1.32 bits per heavy atom. The van der Waals surface area contributed by atoms with Gasteiger partial charge in [-0.15, -0.1) is 0 Å². The number of carbonyl (C=O) groups excluding carboxylic acids is 1. The molecule has 1 amide bonds. The first kappa shape index (κ1) is 14.0. The maximum atomic E-state index is 12.7. The number of nitrogens with one attached hydrogen (secondary N) is 1. The van der Waals surface area contributed by atoms with E-state index in [0.717, 1.165) is 0 Å². The Balaban J connectivity index is 1.97. The van der Waals surface area contributed by atoms with Gasteiger partial charge in [0.25, 0.3) is 11.6 Å². The van der Waals surface area contributed by atoms with E-state index in [1.54, 1.807) is 27.0 Å². The number of amides is 1. The van der Waals surface area contributed by atoms with Crippen molar-refractivity contribution in [1.29, 1.82) is 0 Å². The van der Waals surface area contributed by atoms with E-state index in [1.165, 1.54) is 4.90 Å². The average molecular weight is 303 g/mol. The fraction of sp³-hybridized carbons (Fsp3) is 0.308. The molecule has 22 heavy (non-hydrogen) atoms. The highest BCUT2D eigenvalue weighted by Crippen LogP contribution is 2.23. The highest BCUT2D eigenvalue weighted by atomic mass is 16.5. The summed E-state index contributed by atoms with van der Waals surface area (Å²) >= 11 is 0. The molecule has 0 aliphatic carbocycles. The topological polar surface area (TPSA) is 118 Å². The molecule has 3 aromatic rings. The quantitative estimate of drug-likeness (QED) is 0.759. The average Bonchev–Trinajstić information content (AvgIpc) is 3.03. The summed E-state index contributed by atoms with van der Waals surface area (Å²) in [5, 5.41) is 7.96. The van der Waals surface area contributed by atoms with E-state index >= 15 is 0 Å². The summed E-state index contributed by atoms with van der Waals surface area (Å²) < 4.78 is 9.53. The van der Waals surface area contributed by atoms with E-state index in [0.29, 0.717) is 28.1 Å². The fourth-order valence-corrected chi connectivity index (χ4v) is 2.22. The van der Waals surface area contributed by atoms with Gasteiger partial charge < -0.3 is 9.42 Å². The number of rotatable bonds is 3. The van der Waals surface area contributed by atoms with Gasteiger partial charge in [-0.1, -0.05) is 10.3 Å². The van der Waals surface area contributed by atoms with Gasteiger partial charge >= 0.3 is 5.76 Å². The highest BCUT2D eigenvalue weighted by molar-refractivity contribution is 6.05. The Morgan fingerprint density at radius 2 is 2.09 bits per heavy atom. The minimum atomic E-state index is -0.659. The third-order valence-electron chi connectivity index (χ3n) is 3.19. The molecule has 0 fully saturated rings. The van der Waals surface area contributed by atoms with Crippen molar-refractivity contribution in [3.63, 3.8) is 0 Å². The molecular weight excluding hydrogens is 290 g/mol. The minimum Gasteiger partial charge on any atom is -0.336 e. The molecule has 3 aromatic heterocycles. The molecule has 0 radical (unpaired) electrons. The van der Waals surface area contributed by atoms with Crippen LogP contribution >= 0.6 is 0 Å². The van der Waals surface area contributed by atoms with Crippen molar-refractivity contribution in [2.24, 2.45) is 0 Å². The lowest BCUT2D eigenvalue weighted by molar-refractivity contribution is 0.0782. The van der Waals surface area contributed by atoms with Crippen molar-refractivity contribution in [3.8, 4) is 0 Å². The van der Waals surface area contributed by atoms with Gasteiger partial charge in [0.05, 0.1) is 23.2 Å². The number of aromatic nitrogens is 4. The van der Waals surface area contributed by atoms with Crippen molar-refractivity contribution in [2.75, 3.05) is 7.05 Å². The highest BCUT2D eigenvalue weighted by Gasteiger charge is 2.21. The van der Waals surface area contributed by atoms with Gasteiger partial charge in [-0.3, -0.25) is 14.3 Å². The summed E-state index contributed by atoms with van der Waals surface area (Å²) in [7, 11) is 1.60. The van der Waals surface area contributed by atoms with E-state index < -0.39 is 5.76 Å². The summed E-state index contributed by atoms with van der Waals surface area (Å²) in [5.41, 5.74) is 2.00. The summed E-state index contributed by atoms with van der Waals surface area (Å²) in [6, 6.07) is 1.68. The van der Waals surface area contributed by atoms with Crippen LogP contribution in [-0.4, -0.2) is 38.1 Å². The zero-order valence-corrected chi connectivity index (χ0v) is 12.2. The molecule has 114 valence electrons. The molecule has 0 aromatic carbocycles. The van der Waals surface area contributed by atoms with E-state index in [2.05, 4.69) is 24.8 Å². The molecule has 0 aliphatic rings. The number of H-pyrrole nitrogens is 1. The molecule has 3 heterocycles. The molecule has 0 unspecified atom stereocenters. The van der Waals surface area contributed by atoms with E-state index in [4.69, 9.17) is 4.52 Å². The van der Waals surface area contributed by atoms with Gasteiger partial charge in [0.2, 0.25) is 0 Å². The van der Waals surface area contributed by atoms with Gasteiger partial charge in [-0.2, -0.15) is 0 Å². The molecule has 0 saturated heterocycles. The van der Waals surface area contributed by atoms with E-state index in [-0.39, 0.29) is 18.3 Å². The Labute approximate surface area is 123 Å². The number of nitrogens with zero attached hydrogens (tertiary/aromatic N) is 4. The van der Waals surface area contributed by atoms with Crippen molar-refractivity contribution < 1.29 is 13.8 Å². The number of fused-ring (bicyclic) bond motifs is 1. The zero-order chi connectivity index (χ0) is 15.9. The lowest BCUT2D eigenvalue weighted by Crippen LogP contribution is -2.27. The number of aryl methyl sites for hydroxylation is 2. The van der Waals surface area contributed by atoms with Gasteiger partial charge in [-0.25, -0.2) is 9.78 Å². The first-order chi connectivity index (χ1) is 10.5. The van der Waals surface area contributed by atoms with Crippen LogP contribution < -0.4 is 5.76 Å². The second-order valence-corrected chi connectivity index (χ2v) is 4.96. The maximum Gasteiger partial charge on any atom is 0.438 e. The first-order valence-electron chi connectivity index (χ1n) is 6.49. The number of hydrogen-bond acceptors (Lipinski definition) is 7. The van der Waals surface area contributed by atoms with Crippen molar-refractivity contribution in [3.05, 3.63) is 39.4 Å². The Bertz CT molecular complexity index is 907. The normalized spacial score (nSPS) is 11.0. The largest absolute Gasteiger partial charge is 0.438 e. The molecular formula is C13H13N5O4. The van der Waals surface area contributed by atoms with Crippen LogP contribution in [0.1, 0.15) is 27.6 Å². The Kier molecular flexibility index (Phi) is 3.24. The smallest absolute Gasteiger partial charge is 0.336 e. The van der Waals surface area contributed by atoms with Crippen LogP contribution in [0.4, 0.5) is 0 Å². The molecule has 9 nitrogen and oxygen atoms in total. The third kappa shape index (κ3) is 2.36. The molecule has 0 aliphatic heterocycles. The van der Waals surface area contributed by atoms with Crippen molar-refractivity contribution in [1.82, 2.24) is 25.2 Å². The predicted molar refractivity (Wildman–Crippen MR) is 74.2 cm³/mol. The summed E-state index contributed by atoms with van der Waals surface area (Å²) in [4.78, 5) is 31.6. The van der Waals surface area contributed by atoms with Gasteiger partial charge in [0.15, 0.2) is 5.82 Å². The first-order valence-corrected chi connectivity index (χ1v) is 6.49. The van der Waals surface area contributed by atoms with E-state index in [9.17, 15) is 9.59 Å². The molecule has 0 bridgehead atoms. The van der Waals surface area contributed by atoms with Gasteiger partial charge in [0, 0.05) is 12.7 Å². The van der Waals surface area contributed by atoms with Gasteiger partial charge in [-0.05, 0) is 19.9 Å². The number of pyridine rings is 1. The van der Waals surface area contributed by atoms with Crippen LogP contribution in [0.25, 0.3) is 11.1 Å². The number of carbonyl (C=O) groups is 1. The molecule has 9 heteroatoms. The second-order valence-electron chi connectivity index (χ2n) is 4.96. The zero-order valence-electron chi connectivity index (χ0n) is 12.2.